The second kappa shape index (κ2) is 8.92. The number of fused-ring (bicyclic) bond motifs is 1. The number of amides is 2. The van der Waals surface area contributed by atoms with Crippen LogP contribution in [0.15, 0.2) is 23.1 Å². The van der Waals surface area contributed by atoms with E-state index in [1.54, 1.807) is 0 Å². The first kappa shape index (κ1) is 20.1. The van der Waals surface area contributed by atoms with Crippen molar-refractivity contribution in [1.82, 2.24) is 10.2 Å². The molecule has 138 valence electrons. The first-order valence-corrected chi connectivity index (χ1v) is 9.58. The molecule has 1 atom stereocenters. The first-order valence-electron chi connectivity index (χ1n) is 8.70. The average molecular weight is 384 g/mol. The third-order valence-electron chi connectivity index (χ3n) is 4.74. The maximum absolute atomic E-state index is 12.7. The lowest BCUT2D eigenvalue weighted by atomic mass is 9.96. The van der Waals surface area contributed by atoms with Crippen molar-refractivity contribution in [2.45, 2.75) is 36.8 Å². The molecule has 1 fully saturated rings. The number of hydrogen-bond acceptors (Lipinski definition) is 4. The second-order valence-corrected chi connectivity index (χ2v) is 7.89. The fourth-order valence-electron chi connectivity index (χ4n) is 3.21. The molecule has 0 radical (unpaired) electrons. The summed E-state index contributed by atoms with van der Waals surface area (Å²) in [6.07, 6.45) is 2.10. The molecule has 2 amide bonds. The molecule has 7 heteroatoms. The van der Waals surface area contributed by atoms with Crippen molar-refractivity contribution in [2.24, 2.45) is 5.92 Å². The fourth-order valence-corrected chi connectivity index (χ4v) is 4.14. The molecule has 2 aliphatic rings. The lowest BCUT2D eigenvalue weighted by Gasteiger charge is -2.32. The van der Waals surface area contributed by atoms with Gasteiger partial charge >= 0.3 is 0 Å². The lowest BCUT2D eigenvalue weighted by Crippen LogP contribution is -2.40. The minimum absolute atomic E-state index is 0. The van der Waals surface area contributed by atoms with Crippen LogP contribution >= 0.6 is 24.2 Å². The van der Waals surface area contributed by atoms with Crippen molar-refractivity contribution in [3.63, 3.8) is 0 Å². The standard InChI is InChI=1S/C18H25N3O2S.ClH/c1-3-19-11-13-6-8-21(9-7-13)18(23)14-4-5-16-15(10-14)20-17(22)12(2)24-16;/h4-5,10,12-13,19H,3,6-9,11H2,1-2H3,(H,20,22);1H. The van der Waals surface area contributed by atoms with Crippen molar-refractivity contribution in [3.8, 4) is 0 Å². The van der Waals surface area contributed by atoms with Crippen molar-refractivity contribution in [2.75, 3.05) is 31.5 Å². The normalized spacial score (nSPS) is 20.5. The van der Waals surface area contributed by atoms with E-state index in [0.717, 1.165) is 49.6 Å². The maximum atomic E-state index is 12.7. The predicted molar refractivity (Wildman–Crippen MR) is 105 cm³/mol. The Balaban J connectivity index is 0.00000225. The third-order valence-corrected chi connectivity index (χ3v) is 5.92. The summed E-state index contributed by atoms with van der Waals surface area (Å²) in [7, 11) is 0. The number of halogens is 1. The number of likely N-dealkylation sites (tertiary alicyclic amines) is 1. The molecule has 3 rings (SSSR count). The number of carbonyl (C=O) groups is 2. The zero-order valence-electron chi connectivity index (χ0n) is 14.7. The molecular weight excluding hydrogens is 358 g/mol. The van der Waals surface area contributed by atoms with Gasteiger partial charge in [0.15, 0.2) is 0 Å². The van der Waals surface area contributed by atoms with E-state index >= 15 is 0 Å². The van der Waals surface area contributed by atoms with E-state index in [0.29, 0.717) is 11.5 Å². The van der Waals surface area contributed by atoms with Gasteiger partial charge in [-0.1, -0.05) is 6.92 Å². The van der Waals surface area contributed by atoms with E-state index in [9.17, 15) is 9.59 Å². The highest BCUT2D eigenvalue weighted by atomic mass is 35.5. The van der Waals surface area contributed by atoms with Crippen LogP contribution in [0.4, 0.5) is 5.69 Å². The minimum atomic E-state index is -0.0881. The molecule has 1 unspecified atom stereocenters. The van der Waals surface area contributed by atoms with Gasteiger partial charge in [0.2, 0.25) is 5.91 Å². The number of benzene rings is 1. The van der Waals surface area contributed by atoms with Crippen LogP contribution in [-0.2, 0) is 4.79 Å². The van der Waals surface area contributed by atoms with Gasteiger partial charge in [0.1, 0.15) is 0 Å². The topological polar surface area (TPSA) is 61.4 Å². The van der Waals surface area contributed by atoms with E-state index in [4.69, 9.17) is 0 Å². The maximum Gasteiger partial charge on any atom is 0.253 e. The largest absolute Gasteiger partial charge is 0.339 e. The van der Waals surface area contributed by atoms with Crippen LogP contribution in [0.1, 0.15) is 37.0 Å². The highest BCUT2D eigenvalue weighted by Gasteiger charge is 2.26. The highest BCUT2D eigenvalue weighted by molar-refractivity contribution is 8.00. The summed E-state index contributed by atoms with van der Waals surface area (Å²) in [5.41, 5.74) is 1.42. The van der Waals surface area contributed by atoms with Gasteiger partial charge in [-0.15, -0.1) is 24.2 Å². The van der Waals surface area contributed by atoms with Crippen LogP contribution < -0.4 is 10.6 Å². The number of hydrogen-bond donors (Lipinski definition) is 2. The molecule has 5 nitrogen and oxygen atoms in total. The van der Waals surface area contributed by atoms with Gasteiger partial charge in [-0.3, -0.25) is 9.59 Å². The first-order chi connectivity index (χ1) is 11.6. The number of nitrogens with one attached hydrogen (secondary N) is 2. The van der Waals surface area contributed by atoms with Crippen LogP contribution in [0.2, 0.25) is 0 Å². The molecule has 25 heavy (non-hydrogen) atoms. The Labute approximate surface area is 159 Å². The Bertz CT molecular complexity index is 633. The van der Waals surface area contributed by atoms with Crippen molar-refractivity contribution < 1.29 is 9.59 Å². The Hall–Kier alpha value is -1.24. The van der Waals surface area contributed by atoms with Gasteiger partial charge in [-0.25, -0.2) is 0 Å². The van der Waals surface area contributed by atoms with Gasteiger partial charge in [0.25, 0.3) is 5.91 Å². The smallest absolute Gasteiger partial charge is 0.253 e. The van der Waals surface area contributed by atoms with E-state index in [1.807, 2.05) is 30.0 Å². The van der Waals surface area contributed by atoms with Crippen LogP contribution in [0.5, 0.6) is 0 Å². The van der Waals surface area contributed by atoms with E-state index in [-0.39, 0.29) is 29.5 Å². The monoisotopic (exact) mass is 383 g/mol. The summed E-state index contributed by atoms with van der Waals surface area (Å²) in [5, 5.41) is 6.20. The zero-order chi connectivity index (χ0) is 17.1. The number of anilines is 1. The van der Waals surface area contributed by atoms with Gasteiger partial charge in [0.05, 0.1) is 10.9 Å². The molecule has 0 aromatic heterocycles. The number of nitrogens with zero attached hydrogens (tertiary/aromatic N) is 1. The van der Waals surface area contributed by atoms with Gasteiger partial charge in [0, 0.05) is 23.5 Å². The molecule has 1 aromatic carbocycles. The van der Waals surface area contributed by atoms with Gasteiger partial charge < -0.3 is 15.5 Å². The molecule has 0 aliphatic carbocycles. The molecule has 1 saturated heterocycles. The third kappa shape index (κ3) is 4.68. The van der Waals surface area contributed by atoms with E-state index in [1.165, 1.54) is 11.8 Å². The van der Waals surface area contributed by atoms with Gasteiger partial charge in [-0.2, -0.15) is 0 Å². The molecule has 2 heterocycles. The van der Waals surface area contributed by atoms with Gasteiger partial charge in [-0.05, 0) is 57.0 Å². The summed E-state index contributed by atoms with van der Waals surface area (Å²) in [4.78, 5) is 27.5. The van der Waals surface area contributed by atoms with Crippen molar-refractivity contribution >= 4 is 41.7 Å². The average Bonchev–Trinajstić information content (AvgIpc) is 2.60. The Morgan fingerprint density at radius 3 is 2.76 bits per heavy atom. The molecule has 0 spiro atoms. The van der Waals surface area contributed by atoms with Crippen molar-refractivity contribution in [3.05, 3.63) is 23.8 Å². The number of piperidine rings is 1. The molecule has 0 bridgehead atoms. The molecular formula is C18H26ClN3O2S. The summed E-state index contributed by atoms with van der Waals surface area (Å²) in [6.45, 7) is 7.66. The van der Waals surface area contributed by atoms with Crippen LogP contribution in [-0.4, -0.2) is 48.1 Å². The second-order valence-electron chi connectivity index (χ2n) is 6.50. The SMILES string of the molecule is CCNCC1CCN(C(=O)c2ccc3c(c2)NC(=O)C(C)S3)CC1.Cl. The number of thioether (sulfide) groups is 1. The van der Waals surface area contributed by atoms with Crippen LogP contribution in [0, 0.1) is 5.92 Å². The lowest BCUT2D eigenvalue weighted by molar-refractivity contribution is -0.115. The minimum Gasteiger partial charge on any atom is -0.339 e. The summed E-state index contributed by atoms with van der Waals surface area (Å²) in [5.74, 6) is 0.730. The quantitative estimate of drug-likeness (QED) is 0.839. The predicted octanol–water partition coefficient (Wildman–Crippen LogP) is 3.00. The summed E-state index contributed by atoms with van der Waals surface area (Å²) >= 11 is 1.54. The summed E-state index contributed by atoms with van der Waals surface area (Å²) in [6, 6.07) is 5.64. The fraction of sp³-hybridized carbons (Fsp3) is 0.556. The molecule has 2 N–H and O–H groups in total. The van der Waals surface area contributed by atoms with E-state index < -0.39 is 0 Å². The number of rotatable bonds is 4. The van der Waals surface area contributed by atoms with Crippen molar-refractivity contribution in [1.29, 1.82) is 0 Å². The number of carbonyl (C=O) groups excluding carboxylic acids is 2. The highest BCUT2D eigenvalue weighted by Crippen LogP contribution is 2.36. The Morgan fingerprint density at radius 2 is 2.08 bits per heavy atom. The van der Waals surface area contributed by atoms with Crippen LogP contribution in [0.25, 0.3) is 0 Å². The zero-order valence-corrected chi connectivity index (χ0v) is 16.3. The Kier molecular flexibility index (Phi) is 7.16. The Morgan fingerprint density at radius 1 is 1.36 bits per heavy atom. The molecule has 2 aliphatic heterocycles. The van der Waals surface area contributed by atoms with Crippen LogP contribution in [0.3, 0.4) is 0 Å². The molecule has 0 saturated carbocycles. The molecule has 1 aromatic rings. The summed E-state index contributed by atoms with van der Waals surface area (Å²) < 4.78 is 0. The van der Waals surface area contributed by atoms with E-state index in [2.05, 4.69) is 17.6 Å².